The zero-order valence-electron chi connectivity index (χ0n) is 10.0. The molecule has 2 aromatic rings. The van der Waals surface area contributed by atoms with E-state index in [0.29, 0.717) is 11.2 Å². The lowest BCUT2D eigenvalue weighted by Gasteiger charge is -2.11. The van der Waals surface area contributed by atoms with Crippen molar-refractivity contribution in [1.82, 2.24) is 9.55 Å². The summed E-state index contributed by atoms with van der Waals surface area (Å²) in [5, 5.41) is 0. The maximum absolute atomic E-state index is 11.6. The summed E-state index contributed by atoms with van der Waals surface area (Å²) in [5.41, 5.74) is 3.11. The Labute approximate surface area is 111 Å². The molecule has 1 aliphatic heterocycles. The van der Waals surface area contributed by atoms with Crippen LogP contribution in [0.1, 0.15) is 18.0 Å². The molecule has 0 amide bonds. The maximum atomic E-state index is 11.6. The smallest absolute Gasteiger partial charge is 0.178 e. The number of benzene rings is 1. The largest absolute Gasteiger partial charge is 0.331 e. The first-order valence-electron chi connectivity index (χ1n) is 5.87. The van der Waals surface area contributed by atoms with E-state index in [9.17, 15) is 8.42 Å². The zero-order valence-corrected chi connectivity index (χ0v) is 11.6. The quantitative estimate of drug-likeness (QED) is 0.817. The van der Waals surface area contributed by atoms with Crippen LogP contribution in [0.4, 0.5) is 0 Å². The number of aryl methyl sites for hydroxylation is 1. The molecular formula is C12H14N2O2S2. The van der Waals surface area contributed by atoms with Crippen molar-refractivity contribution in [2.45, 2.75) is 19.4 Å². The van der Waals surface area contributed by atoms with Crippen molar-refractivity contribution in [2.24, 2.45) is 0 Å². The number of H-pyrrole nitrogens is 1. The number of hydrogen-bond donors (Lipinski definition) is 1. The second-order valence-corrected chi connectivity index (χ2v) is 7.49. The average molecular weight is 282 g/mol. The number of hydrogen-bond acceptors (Lipinski definition) is 3. The van der Waals surface area contributed by atoms with Crippen molar-refractivity contribution < 1.29 is 8.42 Å². The van der Waals surface area contributed by atoms with Crippen LogP contribution >= 0.6 is 12.2 Å². The molecule has 0 bridgehead atoms. The Morgan fingerprint density at radius 2 is 2.22 bits per heavy atom. The van der Waals surface area contributed by atoms with Crippen LogP contribution in [0.3, 0.4) is 0 Å². The summed E-state index contributed by atoms with van der Waals surface area (Å²) in [6.45, 7) is 2.02. The molecule has 96 valence electrons. The van der Waals surface area contributed by atoms with E-state index in [4.69, 9.17) is 12.2 Å². The molecular weight excluding hydrogens is 268 g/mol. The van der Waals surface area contributed by atoms with Crippen LogP contribution < -0.4 is 0 Å². The number of fused-ring (bicyclic) bond motifs is 1. The fourth-order valence-corrected chi connectivity index (χ4v) is 4.63. The normalized spacial score (nSPS) is 22.6. The van der Waals surface area contributed by atoms with Crippen molar-refractivity contribution >= 4 is 33.1 Å². The van der Waals surface area contributed by atoms with Gasteiger partial charge < -0.3 is 9.55 Å². The second-order valence-electron chi connectivity index (χ2n) is 4.88. The molecule has 1 aromatic heterocycles. The third-order valence-corrected chi connectivity index (χ3v) is 5.50. The Kier molecular flexibility index (Phi) is 2.60. The number of nitrogens with zero attached hydrogens (tertiary/aromatic N) is 1. The van der Waals surface area contributed by atoms with Gasteiger partial charge in [-0.15, -0.1) is 0 Å². The molecule has 6 heteroatoms. The van der Waals surface area contributed by atoms with Crippen LogP contribution in [0.5, 0.6) is 0 Å². The van der Waals surface area contributed by atoms with Gasteiger partial charge in [0.25, 0.3) is 0 Å². The lowest BCUT2D eigenvalue weighted by atomic mass is 10.2. The minimum atomic E-state index is -2.90. The van der Waals surface area contributed by atoms with E-state index in [1.54, 1.807) is 0 Å². The first-order valence-corrected chi connectivity index (χ1v) is 8.10. The van der Waals surface area contributed by atoms with Gasteiger partial charge in [-0.1, -0.05) is 6.07 Å². The van der Waals surface area contributed by atoms with Gasteiger partial charge in [-0.2, -0.15) is 0 Å². The van der Waals surface area contributed by atoms with E-state index in [0.717, 1.165) is 16.6 Å². The number of rotatable bonds is 1. The van der Waals surface area contributed by atoms with Crippen molar-refractivity contribution in [3.8, 4) is 0 Å². The molecule has 1 aliphatic rings. The van der Waals surface area contributed by atoms with Gasteiger partial charge in [0.2, 0.25) is 0 Å². The number of aromatic nitrogens is 2. The monoisotopic (exact) mass is 282 g/mol. The minimum Gasteiger partial charge on any atom is -0.331 e. The van der Waals surface area contributed by atoms with Crippen molar-refractivity contribution in [1.29, 1.82) is 0 Å². The summed E-state index contributed by atoms with van der Waals surface area (Å²) in [7, 11) is -2.90. The number of imidazole rings is 1. The third-order valence-electron chi connectivity index (χ3n) is 3.45. The lowest BCUT2D eigenvalue weighted by molar-refractivity contribution is 0.563. The van der Waals surface area contributed by atoms with Gasteiger partial charge in [0.15, 0.2) is 14.6 Å². The summed E-state index contributed by atoms with van der Waals surface area (Å²) in [6, 6.07) is 6.02. The van der Waals surface area contributed by atoms with Crippen molar-refractivity contribution in [3.63, 3.8) is 0 Å². The molecule has 1 aromatic carbocycles. The molecule has 4 nitrogen and oxygen atoms in total. The minimum absolute atomic E-state index is 0.0296. The van der Waals surface area contributed by atoms with Gasteiger partial charge in [-0.25, -0.2) is 8.42 Å². The van der Waals surface area contributed by atoms with Gasteiger partial charge in [-0.05, 0) is 43.3 Å². The highest BCUT2D eigenvalue weighted by atomic mass is 32.2. The van der Waals surface area contributed by atoms with Crippen LogP contribution in [-0.4, -0.2) is 29.5 Å². The van der Waals surface area contributed by atoms with E-state index >= 15 is 0 Å². The topological polar surface area (TPSA) is 54.9 Å². The molecule has 1 saturated heterocycles. The average Bonchev–Trinajstić information content (AvgIpc) is 2.77. The van der Waals surface area contributed by atoms with Gasteiger partial charge in [0, 0.05) is 0 Å². The molecule has 1 N–H and O–H groups in total. The van der Waals surface area contributed by atoms with E-state index in [-0.39, 0.29) is 17.5 Å². The Morgan fingerprint density at radius 3 is 2.89 bits per heavy atom. The molecule has 18 heavy (non-hydrogen) atoms. The molecule has 1 fully saturated rings. The van der Waals surface area contributed by atoms with Crippen molar-refractivity contribution in [2.75, 3.05) is 11.5 Å². The fourth-order valence-electron chi connectivity index (χ4n) is 2.57. The molecule has 1 unspecified atom stereocenters. The highest BCUT2D eigenvalue weighted by Gasteiger charge is 2.30. The summed E-state index contributed by atoms with van der Waals surface area (Å²) in [5.74, 6) is 0.458. The molecule has 0 aliphatic carbocycles. The summed E-state index contributed by atoms with van der Waals surface area (Å²) >= 11 is 5.32. The Morgan fingerprint density at radius 1 is 1.44 bits per heavy atom. The van der Waals surface area contributed by atoms with E-state index < -0.39 is 9.84 Å². The maximum Gasteiger partial charge on any atom is 0.178 e. The first kappa shape index (κ1) is 11.9. The summed E-state index contributed by atoms with van der Waals surface area (Å²) in [6.07, 6.45) is 0.650. The predicted molar refractivity (Wildman–Crippen MR) is 74.2 cm³/mol. The highest BCUT2D eigenvalue weighted by molar-refractivity contribution is 7.91. The Hall–Kier alpha value is -1.14. The number of sulfone groups is 1. The molecule has 0 saturated carbocycles. The van der Waals surface area contributed by atoms with Gasteiger partial charge in [-0.3, -0.25) is 0 Å². The molecule has 0 spiro atoms. The van der Waals surface area contributed by atoms with Gasteiger partial charge in [0.05, 0.1) is 28.6 Å². The molecule has 0 radical (unpaired) electrons. The molecule has 1 atom stereocenters. The van der Waals surface area contributed by atoms with Crippen molar-refractivity contribution in [3.05, 3.63) is 28.5 Å². The fraction of sp³-hybridized carbons (Fsp3) is 0.417. The standard InChI is InChI=1S/C12H14N2O2S2/c1-8-2-3-10-11(6-8)14(12(17)13-10)9-4-5-18(15,16)7-9/h2-3,6,9H,4-5,7H2,1H3,(H,13,17). The van der Waals surface area contributed by atoms with Crippen LogP contribution in [0.25, 0.3) is 11.0 Å². The second kappa shape index (κ2) is 3.93. The van der Waals surface area contributed by atoms with E-state index in [2.05, 4.69) is 4.98 Å². The Bertz CT molecular complexity index is 771. The third kappa shape index (κ3) is 1.89. The Balaban J connectivity index is 2.20. The molecule has 3 rings (SSSR count). The van der Waals surface area contributed by atoms with Crippen LogP contribution in [0, 0.1) is 11.7 Å². The van der Waals surface area contributed by atoms with Crippen LogP contribution in [0.2, 0.25) is 0 Å². The number of aromatic amines is 1. The predicted octanol–water partition coefficient (Wildman–Crippen LogP) is 2.37. The van der Waals surface area contributed by atoms with Gasteiger partial charge in [0.1, 0.15) is 0 Å². The zero-order chi connectivity index (χ0) is 12.9. The number of nitrogens with one attached hydrogen (secondary N) is 1. The van der Waals surface area contributed by atoms with E-state index in [1.807, 2.05) is 29.7 Å². The molecule has 2 heterocycles. The lowest BCUT2D eigenvalue weighted by Crippen LogP contribution is -2.11. The van der Waals surface area contributed by atoms with Crippen LogP contribution in [-0.2, 0) is 9.84 Å². The summed E-state index contributed by atoms with van der Waals surface area (Å²) < 4.78 is 25.8. The van der Waals surface area contributed by atoms with Gasteiger partial charge >= 0.3 is 0 Å². The summed E-state index contributed by atoms with van der Waals surface area (Å²) in [4.78, 5) is 3.14. The first-order chi connectivity index (χ1) is 8.46. The SMILES string of the molecule is Cc1ccc2[nH]c(=S)n(C3CCS(=O)(=O)C3)c2c1. The highest BCUT2D eigenvalue weighted by Crippen LogP contribution is 2.28. The van der Waals surface area contributed by atoms with Crippen LogP contribution in [0.15, 0.2) is 18.2 Å². The van der Waals surface area contributed by atoms with E-state index in [1.165, 1.54) is 0 Å².